The Morgan fingerprint density at radius 3 is 3.00 bits per heavy atom. The Hall–Kier alpha value is -2.56. The molecule has 0 atom stereocenters. The summed E-state index contributed by atoms with van der Waals surface area (Å²) in [5.41, 5.74) is 5.11. The molecule has 0 radical (unpaired) electrons. The predicted molar refractivity (Wildman–Crippen MR) is 85.3 cm³/mol. The zero-order chi connectivity index (χ0) is 15.8. The number of fused-ring (bicyclic) bond motifs is 3. The average molecular weight is 310 g/mol. The second-order valence-corrected chi connectivity index (χ2v) is 6.06. The van der Waals surface area contributed by atoms with Gasteiger partial charge in [0.1, 0.15) is 0 Å². The number of aryl methyl sites for hydroxylation is 3. The van der Waals surface area contributed by atoms with Gasteiger partial charge in [-0.1, -0.05) is 5.16 Å². The van der Waals surface area contributed by atoms with Crippen molar-refractivity contribution >= 4 is 16.9 Å². The summed E-state index contributed by atoms with van der Waals surface area (Å²) in [6.45, 7) is 1.93. The van der Waals surface area contributed by atoms with E-state index in [1.807, 2.05) is 19.1 Å². The van der Waals surface area contributed by atoms with E-state index < -0.39 is 0 Å². The molecule has 3 aromatic rings. The van der Waals surface area contributed by atoms with Crippen LogP contribution in [0.15, 0.2) is 28.8 Å². The lowest BCUT2D eigenvalue weighted by Gasteiger charge is -2.10. The number of hydrogen-bond acceptors (Lipinski definition) is 4. The van der Waals surface area contributed by atoms with Crippen molar-refractivity contribution in [3.8, 4) is 0 Å². The van der Waals surface area contributed by atoms with Gasteiger partial charge in [-0.2, -0.15) is 0 Å². The molecule has 0 fully saturated rings. The first-order valence-corrected chi connectivity index (χ1v) is 7.93. The quantitative estimate of drug-likeness (QED) is 0.749. The van der Waals surface area contributed by atoms with E-state index in [4.69, 9.17) is 9.26 Å². The number of aromatic nitrogens is 2. The highest BCUT2D eigenvalue weighted by Crippen LogP contribution is 2.29. The Balaban J connectivity index is 1.57. The standard InChI is InChI=1S/C18H18N2O3/c1-11-8-13(23-20-11)10-22-18(21)12-6-7-17-15(9-12)14-4-2-3-5-16(14)19-17/h6-9,19H,2-5,10H2,1H3. The van der Waals surface area contributed by atoms with E-state index in [-0.39, 0.29) is 12.6 Å². The maximum Gasteiger partial charge on any atom is 0.338 e. The first-order chi connectivity index (χ1) is 11.2. The van der Waals surface area contributed by atoms with Crippen molar-refractivity contribution in [2.75, 3.05) is 0 Å². The highest BCUT2D eigenvalue weighted by atomic mass is 16.5. The number of aromatic amines is 1. The molecule has 0 spiro atoms. The number of nitrogens with one attached hydrogen (secondary N) is 1. The molecule has 1 aliphatic rings. The second kappa shape index (κ2) is 5.57. The van der Waals surface area contributed by atoms with E-state index >= 15 is 0 Å². The van der Waals surface area contributed by atoms with E-state index in [0.717, 1.165) is 29.4 Å². The maximum atomic E-state index is 12.3. The number of ether oxygens (including phenoxy) is 1. The minimum Gasteiger partial charge on any atom is -0.454 e. The smallest absolute Gasteiger partial charge is 0.338 e. The van der Waals surface area contributed by atoms with E-state index in [1.54, 1.807) is 12.1 Å². The topological polar surface area (TPSA) is 68.1 Å². The fourth-order valence-corrected chi connectivity index (χ4v) is 3.24. The van der Waals surface area contributed by atoms with E-state index in [9.17, 15) is 4.79 Å². The molecule has 0 amide bonds. The Morgan fingerprint density at radius 2 is 2.17 bits per heavy atom. The largest absolute Gasteiger partial charge is 0.454 e. The molecule has 2 heterocycles. The fourth-order valence-electron chi connectivity index (χ4n) is 3.24. The lowest BCUT2D eigenvalue weighted by molar-refractivity contribution is 0.0437. The molecule has 1 aliphatic carbocycles. The van der Waals surface area contributed by atoms with Crippen LogP contribution in [0.5, 0.6) is 0 Å². The fraction of sp³-hybridized carbons (Fsp3) is 0.333. The molecule has 0 aliphatic heterocycles. The zero-order valence-electron chi connectivity index (χ0n) is 13.0. The molecule has 0 bridgehead atoms. The van der Waals surface area contributed by atoms with Gasteiger partial charge in [0.25, 0.3) is 0 Å². The van der Waals surface area contributed by atoms with E-state index in [1.165, 1.54) is 24.1 Å². The molecule has 0 saturated carbocycles. The van der Waals surface area contributed by atoms with E-state index in [0.29, 0.717) is 11.3 Å². The summed E-state index contributed by atoms with van der Waals surface area (Å²) >= 11 is 0. The number of carbonyl (C=O) groups is 1. The normalized spacial score (nSPS) is 14.0. The van der Waals surface area contributed by atoms with Crippen LogP contribution in [0, 0.1) is 6.92 Å². The van der Waals surface area contributed by atoms with Gasteiger partial charge < -0.3 is 14.2 Å². The van der Waals surface area contributed by atoms with Gasteiger partial charge >= 0.3 is 5.97 Å². The van der Waals surface area contributed by atoms with Crippen molar-refractivity contribution < 1.29 is 14.1 Å². The number of rotatable bonds is 3. The van der Waals surface area contributed by atoms with Crippen molar-refractivity contribution in [3.63, 3.8) is 0 Å². The maximum absolute atomic E-state index is 12.3. The Kier molecular flexibility index (Phi) is 3.41. The summed E-state index contributed by atoms with van der Waals surface area (Å²) in [5, 5.41) is 4.92. The molecule has 0 unspecified atom stereocenters. The molecular formula is C18H18N2O3. The summed E-state index contributed by atoms with van der Waals surface area (Å²) in [7, 11) is 0. The molecular weight excluding hydrogens is 292 g/mol. The number of benzene rings is 1. The Morgan fingerprint density at radius 1 is 1.30 bits per heavy atom. The zero-order valence-corrected chi connectivity index (χ0v) is 13.0. The van der Waals surface area contributed by atoms with Crippen LogP contribution in [-0.4, -0.2) is 16.1 Å². The van der Waals surface area contributed by atoms with Crippen molar-refractivity contribution in [2.45, 2.75) is 39.2 Å². The van der Waals surface area contributed by atoms with Crippen LogP contribution in [0.4, 0.5) is 0 Å². The number of esters is 1. The average Bonchev–Trinajstić information content (AvgIpc) is 3.15. The first-order valence-electron chi connectivity index (χ1n) is 7.93. The number of nitrogens with zero attached hydrogens (tertiary/aromatic N) is 1. The molecule has 4 rings (SSSR count). The van der Waals surface area contributed by atoms with E-state index in [2.05, 4.69) is 10.1 Å². The van der Waals surface area contributed by atoms with Gasteiger partial charge in [0, 0.05) is 22.7 Å². The molecule has 118 valence electrons. The van der Waals surface area contributed by atoms with Crippen LogP contribution >= 0.6 is 0 Å². The lowest BCUT2D eigenvalue weighted by atomic mass is 9.95. The molecule has 2 aromatic heterocycles. The SMILES string of the molecule is Cc1cc(COC(=O)c2ccc3[nH]c4c(c3c2)CCCC4)on1. The van der Waals surface area contributed by atoms with Crippen molar-refractivity contribution in [1.82, 2.24) is 10.1 Å². The summed E-state index contributed by atoms with van der Waals surface area (Å²) in [5.74, 6) is 0.211. The van der Waals surface area contributed by atoms with Gasteiger partial charge in [0.2, 0.25) is 0 Å². The number of hydrogen-bond donors (Lipinski definition) is 1. The molecule has 1 aromatic carbocycles. The van der Waals surface area contributed by atoms with Gasteiger partial charge in [0.05, 0.1) is 11.3 Å². The summed E-state index contributed by atoms with van der Waals surface area (Å²) in [4.78, 5) is 15.7. The summed E-state index contributed by atoms with van der Waals surface area (Å²) in [6, 6.07) is 7.46. The molecule has 5 nitrogen and oxygen atoms in total. The van der Waals surface area contributed by atoms with Gasteiger partial charge in [-0.15, -0.1) is 0 Å². The van der Waals surface area contributed by atoms with Crippen molar-refractivity contribution in [2.24, 2.45) is 0 Å². The molecule has 5 heteroatoms. The van der Waals surface area contributed by atoms with Crippen LogP contribution < -0.4 is 0 Å². The van der Waals surface area contributed by atoms with Crippen LogP contribution in [0.3, 0.4) is 0 Å². The van der Waals surface area contributed by atoms with Crippen LogP contribution in [0.2, 0.25) is 0 Å². The minimum atomic E-state index is -0.341. The Labute approximate surface area is 133 Å². The van der Waals surface area contributed by atoms with Gasteiger partial charge in [-0.3, -0.25) is 0 Å². The minimum absolute atomic E-state index is 0.100. The van der Waals surface area contributed by atoms with Gasteiger partial charge in [-0.05, 0) is 56.4 Å². The molecule has 23 heavy (non-hydrogen) atoms. The number of carbonyl (C=O) groups excluding carboxylic acids is 1. The third kappa shape index (κ3) is 2.63. The predicted octanol–water partition coefficient (Wildman–Crippen LogP) is 3.70. The van der Waals surface area contributed by atoms with Gasteiger partial charge in [0.15, 0.2) is 12.4 Å². The van der Waals surface area contributed by atoms with Gasteiger partial charge in [-0.25, -0.2) is 4.79 Å². The second-order valence-electron chi connectivity index (χ2n) is 6.06. The number of H-pyrrole nitrogens is 1. The first kappa shape index (κ1) is 14.1. The Bertz CT molecular complexity index is 876. The highest BCUT2D eigenvalue weighted by Gasteiger charge is 2.17. The molecule has 1 N–H and O–H groups in total. The third-order valence-corrected chi connectivity index (χ3v) is 4.36. The monoisotopic (exact) mass is 310 g/mol. The third-order valence-electron chi connectivity index (χ3n) is 4.36. The lowest BCUT2D eigenvalue weighted by Crippen LogP contribution is -2.05. The van der Waals surface area contributed by atoms with Crippen molar-refractivity contribution in [1.29, 1.82) is 0 Å². The summed E-state index contributed by atoms with van der Waals surface area (Å²) in [6.07, 6.45) is 4.60. The van der Waals surface area contributed by atoms with Crippen molar-refractivity contribution in [3.05, 3.63) is 52.5 Å². The van der Waals surface area contributed by atoms with Crippen LogP contribution in [0.1, 0.15) is 45.9 Å². The van der Waals surface area contributed by atoms with Crippen LogP contribution in [0.25, 0.3) is 10.9 Å². The molecule has 0 saturated heterocycles. The summed E-state index contributed by atoms with van der Waals surface area (Å²) < 4.78 is 10.4. The highest BCUT2D eigenvalue weighted by molar-refractivity contribution is 5.96. The van der Waals surface area contributed by atoms with Crippen LogP contribution in [-0.2, 0) is 24.2 Å².